The summed E-state index contributed by atoms with van der Waals surface area (Å²) in [6, 6.07) is 6.50. The zero-order valence-corrected chi connectivity index (χ0v) is 11.2. The Hall–Kier alpha value is -1.37. The molecule has 0 saturated heterocycles. The molecule has 0 amide bonds. The molecular weight excluding hydrogens is 321 g/mol. The summed E-state index contributed by atoms with van der Waals surface area (Å²) in [5.41, 5.74) is 2.97. The first-order valence-electron chi connectivity index (χ1n) is 5.38. The van der Waals surface area contributed by atoms with Gasteiger partial charge in [-0.1, -0.05) is 22.0 Å². The summed E-state index contributed by atoms with van der Waals surface area (Å²) in [7, 11) is 0. The van der Waals surface area contributed by atoms with Gasteiger partial charge >= 0.3 is 0 Å². The molecule has 0 fully saturated rings. The van der Waals surface area contributed by atoms with Gasteiger partial charge in [0.1, 0.15) is 17.5 Å². The van der Waals surface area contributed by atoms with Crippen LogP contribution in [0, 0.1) is 17.5 Å². The van der Waals surface area contributed by atoms with Gasteiger partial charge < -0.3 is 0 Å². The molecule has 2 rings (SSSR count). The summed E-state index contributed by atoms with van der Waals surface area (Å²) >= 11 is 3.15. The third-order valence-electron chi connectivity index (χ3n) is 2.66. The molecule has 0 spiro atoms. The van der Waals surface area contributed by atoms with Crippen molar-refractivity contribution in [2.75, 3.05) is 0 Å². The Morgan fingerprint density at radius 1 is 1.00 bits per heavy atom. The summed E-state index contributed by atoms with van der Waals surface area (Å²) in [5, 5.41) is 0. The van der Waals surface area contributed by atoms with Crippen LogP contribution in [0.5, 0.6) is 0 Å². The first kappa shape index (κ1) is 14.0. The summed E-state index contributed by atoms with van der Waals surface area (Å²) < 4.78 is 40.5. The number of rotatable bonds is 3. The molecule has 0 radical (unpaired) electrons. The van der Waals surface area contributed by atoms with Crippen molar-refractivity contribution < 1.29 is 13.2 Å². The number of halogens is 4. The van der Waals surface area contributed by atoms with Crippen LogP contribution in [-0.4, -0.2) is 0 Å². The monoisotopic (exact) mass is 330 g/mol. The number of hydrogen-bond donors (Lipinski definition) is 2. The van der Waals surface area contributed by atoms with Gasteiger partial charge in [0.2, 0.25) is 0 Å². The van der Waals surface area contributed by atoms with E-state index in [4.69, 9.17) is 5.84 Å². The fourth-order valence-electron chi connectivity index (χ4n) is 1.84. The zero-order chi connectivity index (χ0) is 14.0. The molecule has 19 heavy (non-hydrogen) atoms. The average Bonchev–Trinajstić information content (AvgIpc) is 2.31. The van der Waals surface area contributed by atoms with Gasteiger partial charge in [0.15, 0.2) is 0 Å². The SMILES string of the molecule is NNC(c1cc(F)cc(Br)c1)c1ccc(F)cc1F. The third kappa shape index (κ3) is 3.15. The predicted molar refractivity (Wildman–Crippen MR) is 69.6 cm³/mol. The topological polar surface area (TPSA) is 38.0 Å². The van der Waals surface area contributed by atoms with Crippen LogP contribution < -0.4 is 11.3 Å². The Morgan fingerprint density at radius 3 is 2.32 bits per heavy atom. The molecule has 1 unspecified atom stereocenters. The lowest BCUT2D eigenvalue weighted by atomic mass is 9.98. The quantitative estimate of drug-likeness (QED) is 0.668. The number of hydrazine groups is 1. The molecule has 6 heteroatoms. The maximum atomic E-state index is 13.7. The van der Waals surface area contributed by atoms with Crippen molar-refractivity contribution in [1.82, 2.24) is 5.43 Å². The van der Waals surface area contributed by atoms with Crippen molar-refractivity contribution >= 4 is 15.9 Å². The zero-order valence-electron chi connectivity index (χ0n) is 9.63. The molecule has 0 saturated carbocycles. The second-order valence-corrected chi connectivity index (χ2v) is 4.88. The lowest BCUT2D eigenvalue weighted by Crippen LogP contribution is -2.29. The van der Waals surface area contributed by atoms with E-state index in [1.54, 1.807) is 6.07 Å². The number of hydrogen-bond acceptors (Lipinski definition) is 2. The van der Waals surface area contributed by atoms with Crippen molar-refractivity contribution in [2.45, 2.75) is 6.04 Å². The molecule has 0 aliphatic heterocycles. The first-order valence-corrected chi connectivity index (χ1v) is 6.17. The van der Waals surface area contributed by atoms with Crippen LogP contribution in [0.3, 0.4) is 0 Å². The lowest BCUT2D eigenvalue weighted by Gasteiger charge is -2.18. The standard InChI is InChI=1S/C13H10BrF3N2/c14-8-3-7(4-10(16)5-8)13(19-18)11-2-1-9(15)6-12(11)17/h1-6,13,19H,18H2. The number of nitrogens with two attached hydrogens (primary N) is 1. The van der Waals surface area contributed by atoms with Crippen molar-refractivity contribution in [3.05, 3.63) is 69.4 Å². The van der Waals surface area contributed by atoms with Gasteiger partial charge in [-0.3, -0.25) is 5.84 Å². The molecule has 100 valence electrons. The molecule has 3 N–H and O–H groups in total. The largest absolute Gasteiger partial charge is 0.271 e. The summed E-state index contributed by atoms with van der Waals surface area (Å²) in [4.78, 5) is 0. The van der Waals surface area contributed by atoms with Crippen LogP contribution in [0.15, 0.2) is 40.9 Å². The van der Waals surface area contributed by atoms with Gasteiger partial charge in [0.25, 0.3) is 0 Å². The molecule has 0 aliphatic carbocycles. The summed E-state index contributed by atoms with van der Waals surface area (Å²) in [6.07, 6.45) is 0. The minimum atomic E-state index is -0.771. The molecule has 0 heterocycles. The van der Waals surface area contributed by atoms with E-state index in [1.165, 1.54) is 18.2 Å². The van der Waals surface area contributed by atoms with E-state index in [1.807, 2.05) is 0 Å². The number of benzene rings is 2. The van der Waals surface area contributed by atoms with Crippen molar-refractivity contribution in [1.29, 1.82) is 0 Å². The van der Waals surface area contributed by atoms with Gasteiger partial charge in [-0.05, 0) is 29.8 Å². The van der Waals surface area contributed by atoms with Gasteiger partial charge in [0, 0.05) is 16.1 Å². The van der Waals surface area contributed by atoms with Crippen LogP contribution >= 0.6 is 15.9 Å². The first-order chi connectivity index (χ1) is 9.01. The van der Waals surface area contributed by atoms with Crippen LogP contribution in [-0.2, 0) is 0 Å². The van der Waals surface area contributed by atoms with Crippen LogP contribution in [0.4, 0.5) is 13.2 Å². The molecule has 2 aromatic rings. The highest BCUT2D eigenvalue weighted by molar-refractivity contribution is 9.10. The van der Waals surface area contributed by atoms with E-state index in [9.17, 15) is 13.2 Å². The van der Waals surface area contributed by atoms with Crippen molar-refractivity contribution in [3.63, 3.8) is 0 Å². The molecule has 2 aromatic carbocycles. The van der Waals surface area contributed by atoms with E-state index in [-0.39, 0.29) is 5.56 Å². The lowest BCUT2D eigenvalue weighted by molar-refractivity contribution is 0.539. The smallest absolute Gasteiger partial charge is 0.131 e. The summed E-state index contributed by atoms with van der Waals surface area (Å²) in [6.45, 7) is 0. The minimum Gasteiger partial charge on any atom is -0.271 e. The Labute approximate surface area is 116 Å². The van der Waals surface area contributed by atoms with Gasteiger partial charge in [-0.2, -0.15) is 0 Å². The average molecular weight is 331 g/mol. The second kappa shape index (κ2) is 5.73. The highest BCUT2D eigenvalue weighted by Gasteiger charge is 2.18. The Kier molecular flexibility index (Phi) is 4.24. The maximum absolute atomic E-state index is 13.7. The molecular formula is C13H10BrF3N2. The van der Waals surface area contributed by atoms with Crippen molar-refractivity contribution in [2.24, 2.45) is 5.84 Å². The predicted octanol–water partition coefficient (Wildman–Crippen LogP) is 3.42. The molecule has 0 bridgehead atoms. The van der Waals surface area contributed by atoms with Crippen molar-refractivity contribution in [3.8, 4) is 0 Å². The number of nitrogens with one attached hydrogen (secondary N) is 1. The normalized spacial score (nSPS) is 12.5. The second-order valence-electron chi connectivity index (χ2n) is 3.97. The van der Waals surface area contributed by atoms with E-state index < -0.39 is 23.5 Å². The fraction of sp³-hybridized carbons (Fsp3) is 0.0769. The fourth-order valence-corrected chi connectivity index (χ4v) is 2.33. The molecule has 1 atom stereocenters. The van der Waals surface area contributed by atoms with Gasteiger partial charge in [0.05, 0.1) is 6.04 Å². The third-order valence-corrected chi connectivity index (χ3v) is 3.12. The van der Waals surface area contributed by atoms with E-state index >= 15 is 0 Å². The van der Waals surface area contributed by atoms with E-state index in [0.29, 0.717) is 10.0 Å². The Balaban J connectivity index is 2.49. The van der Waals surface area contributed by atoms with Crippen LogP contribution in [0.2, 0.25) is 0 Å². The summed E-state index contributed by atoms with van der Waals surface area (Å²) in [5.74, 6) is 3.49. The van der Waals surface area contributed by atoms with Gasteiger partial charge in [-0.15, -0.1) is 0 Å². The van der Waals surface area contributed by atoms with Crippen LogP contribution in [0.1, 0.15) is 17.2 Å². The molecule has 2 nitrogen and oxygen atoms in total. The highest BCUT2D eigenvalue weighted by Crippen LogP contribution is 2.27. The van der Waals surface area contributed by atoms with E-state index in [2.05, 4.69) is 21.4 Å². The Bertz CT molecular complexity index is 584. The van der Waals surface area contributed by atoms with Crippen LogP contribution in [0.25, 0.3) is 0 Å². The van der Waals surface area contributed by atoms with E-state index in [0.717, 1.165) is 12.1 Å². The molecule has 0 aliphatic rings. The molecule has 0 aromatic heterocycles. The highest BCUT2D eigenvalue weighted by atomic mass is 79.9. The maximum Gasteiger partial charge on any atom is 0.131 e. The van der Waals surface area contributed by atoms with Gasteiger partial charge in [-0.25, -0.2) is 18.6 Å². The minimum absolute atomic E-state index is 0.140. The Morgan fingerprint density at radius 2 is 1.74 bits per heavy atom.